The molecule has 3 aliphatic rings. The van der Waals surface area contributed by atoms with Gasteiger partial charge in [0.2, 0.25) is 5.91 Å². The number of hydrogen-bond donors (Lipinski definition) is 1. The highest BCUT2D eigenvalue weighted by Gasteiger charge is 2.38. The number of nitrogens with one attached hydrogen (secondary N) is 1. The molecule has 1 N–H and O–H groups in total. The third kappa shape index (κ3) is 4.09. The first-order valence-electron chi connectivity index (χ1n) is 9.76. The summed E-state index contributed by atoms with van der Waals surface area (Å²) >= 11 is 0. The Balaban J connectivity index is 1.30. The monoisotopic (exact) mass is 346 g/mol. The first-order chi connectivity index (χ1) is 12.1. The first-order valence-corrected chi connectivity index (χ1v) is 9.76. The van der Waals surface area contributed by atoms with Crippen molar-refractivity contribution in [2.24, 2.45) is 17.8 Å². The molecule has 0 unspecified atom stereocenters. The minimum Gasteiger partial charge on any atom is -0.465 e. The summed E-state index contributed by atoms with van der Waals surface area (Å²) in [5, 5.41) is 3.12. The van der Waals surface area contributed by atoms with Crippen molar-refractivity contribution in [3.05, 3.63) is 23.2 Å². The fraction of sp³-hybridized carbons (Fsp3) is 0.750. The average Bonchev–Trinajstić information content (AvgIpc) is 3.38. The molecule has 0 spiro atoms. The van der Waals surface area contributed by atoms with E-state index < -0.39 is 0 Å². The zero-order valence-corrected chi connectivity index (χ0v) is 15.4. The van der Waals surface area contributed by atoms with Crippen LogP contribution in [0.5, 0.6) is 0 Å². The summed E-state index contributed by atoms with van der Waals surface area (Å²) in [6.07, 6.45) is 4.87. The van der Waals surface area contributed by atoms with Crippen molar-refractivity contribution in [3.63, 3.8) is 0 Å². The Hall–Kier alpha value is -1.33. The number of ether oxygens (including phenoxy) is 1. The molecular weight excluding hydrogens is 316 g/mol. The van der Waals surface area contributed by atoms with Gasteiger partial charge in [-0.2, -0.15) is 0 Å². The highest BCUT2D eigenvalue weighted by atomic mass is 16.5. The quantitative estimate of drug-likeness (QED) is 0.890. The second-order valence-electron chi connectivity index (χ2n) is 8.23. The van der Waals surface area contributed by atoms with Crippen LogP contribution in [0.3, 0.4) is 0 Å². The minimum atomic E-state index is 0.0213. The normalized spacial score (nSPS) is 30.1. The van der Waals surface area contributed by atoms with E-state index in [1.54, 1.807) is 0 Å². The third-order valence-electron chi connectivity index (χ3n) is 6.08. The number of aryl methyl sites for hydroxylation is 2. The van der Waals surface area contributed by atoms with Gasteiger partial charge in [-0.15, -0.1) is 0 Å². The van der Waals surface area contributed by atoms with E-state index in [0.717, 1.165) is 56.5 Å². The van der Waals surface area contributed by atoms with Crippen LogP contribution in [0, 0.1) is 31.6 Å². The number of hydrogen-bond acceptors (Lipinski definition) is 4. The number of likely N-dealkylation sites (tertiary alicyclic amines) is 1. The molecule has 5 nitrogen and oxygen atoms in total. The number of furan rings is 1. The smallest absolute Gasteiger partial charge is 0.225 e. The SMILES string of the molecule is Cc1cc(CN2CC[C@@H]3OC[C@H](C(=O)NCC4CC4)C[C@@H]3C2)oc1C. The average molecular weight is 346 g/mol. The van der Waals surface area contributed by atoms with Gasteiger partial charge >= 0.3 is 0 Å². The van der Waals surface area contributed by atoms with Crippen LogP contribution in [-0.2, 0) is 16.1 Å². The highest BCUT2D eigenvalue weighted by molar-refractivity contribution is 5.78. The largest absolute Gasteiger partial charge is 0.465 e. The Kier molecular flexibility index (Phi) is 4.87. The van der Waals surface area contributed by atoms with E-state index in [1.165, 1.54) is 18.4 Å². The van der Waals surface area contributed by atoms with Crippen molar-refractivity contribution in [1.82, 2.24) is 10.2 Å². The Morgan fingerprint density at radius 2 is 2.16 bits per heavy atom. The Bertz CT molecular complexity index is 603. The van der Waals surface area contributed by atoms with Gasteiger partial charge < -0.3 is 14.5 Å². The van der Waals surface area contributed by atoms with Crippen LogP contribution in [0.25, 0.3) is 0 Å². The molecule has 2 aliphatic heterocycles. The standard InChI is InChI=1S/C20H30N2O3/c1-13-7-18(25-14(13)2)11-22-6-5-19-16(10-22)8-17(12-24-19)20(23)21-9-15-3-4-15/h7,15-17,19H,3-6,8-12H2,1-2H3,(H,21,23)/t16-,17-,19+/m1/s1. The summed E-state index contributed by atoms with van der Waals surface area (Å²) in [4.78, 5) is 14.8. The van der Waals surface area contributed by atoms with Crippen molar-refractivity contribution in [1.29, 1.82) is 0 Å². The zero-order chi connectivity index (χ0) is 17.4. The fourth-order valence-corrected chi connectivity index (χ4v) is 4.19. The molecular formula is C20H30N2O3. The lowest BCUT2D eigenvalue weighted by atomic mass is 9.83. The molecule has 3 fully saturated rings. The third-order valence-corrected chi connectivity index (χ3v) is 6.08. The number of amides is 1. The predicted octanol–water partition coefficient (Wildman–Crippen LogP) is 2.65. The van der Waals surface area contributed by atoms with E-state index in [0.29, 0.717) is 18.6 Å². The highest BCUT2D eigenvalue weighted by Crippen LogP contribution is 2.33. The second-order valence-corrected chi connectivity index (χ2v) is 8.23. The summed E-state index contributed by atoms with van der Waals surface area (Å²) in [6, 6.07) is 2.15. The summed E-state index contributed by atoms with van der Waals surface area (Å²) in [5.41, 5.74) is 1.22. The zero-order valence-electron chi connectivity index (χ0n) is 15.4. The van der Waals surface area contributed by atoms with Crippen LogP contribution in [-0.4, -0.2) is 43.2 Å². The number of fused-ring (bicyclic) bond motifs is 1. The number of rotatable bonds is 5. The van der Waals surface area contributed by atoms with E-state index in [9.17, 15) is 4.79 Å². The maximum absolute atomic E-state index is 12.4. The van der Waals surface area contributed by atoms with Gasteiger partial charge in [0.15, 0.2) is 0 Å². The van der Waals surface area contributed by atoms with E-state index in [2.05, 4.69) is 23.2 Å². The van der Waals surface area contributed by atoms with Gasteiger partial charge in [-0.25, -0.2) is 0 Å². The summed E-state index contributed by atoms with van der Waals surface area (Å²) in [5.74, 6) is 3.46. The maximum Gasteiger partial charge on any atom is 0.225 e. The van der Waals surface area contributed by atoms with Crippen molar-refractivity contribution >= 4 is 5.91 Å². The number of piperidine rings is 1. The first kappa shape index (κ1) is 17.1. The van der Waals surface area contributed by atoms with Crippen molar-refractivity contribution in [2.45, 2.75) is 52.2 Å². The number of carbonyl (C=O) groups is 1. The van der Waals surface area contributed by atoms with Crippen LogP contribution in [0.15, 0.2) is 10.5 Å². The van der Waals surface area contributed by atoms with Crippen LogP contribution < -0.4 is 5.32 Å². The molecule has 1 amide bonds. The topological polar surface area (TPSA) is 54.7 Å². The molecule has 2 saturated heterocycles. The Morgan fingerprint density at radius 3 is 2.88 bits per heavy atom. The molecule has 3 atom stereocenters. The Morgan fingerprint density at radius 1 is 1.32 bits per heavy atom. The van der Waals surface area contributed by atoms with Gasteiger partial charge in [-0.1, -0.05) is 0 Å². The molecule has 1 aromatic heterocycles. The lowest BCUT2D eigenvalue weighted by molar-refractivity contribution is -0.139. The van der Waals surface area contributed by atoms with Gasteiger partial charge in [-0.05, 0) is 63.0 Å². The van der Waals surface area contributed by atoms with Crippen molar-refractivity contribution in [3.8, 4) is 0 Å². The fourth-order valence-electron chi connectivity index (χ4n) is 4.19. The lowest BCUT2D eigenvalue weighted by Gasteiger charge is -2.42. The predicted molar refractivity (Wildman–Crippen MR) is 95.1 cm³/mol. The summed E-state index contributed by atoms with van der Waals surface area (Å²) in [6.45, 7) is 8.45. The number of carbonyl (C=O) groups excluding carboxylic acids is 1. The van der Waals surface area contributed by atoms with Gasteiger partial charge in [0.25, 0.3) is 0 Å². The molecule has 1 saturated carbocycles. The second kappa shape index (κ2) is 7.12. The van der Waals surface area contributed by atoms with E-state index in [4.69, 9.17) is 9.15 Å². The van der Waals surface area contributed by atoms with Crippen LogP contribution in [0.4, 0.5) is 0 Å². The van der Waals surface area contributed by atoms with E-state index >= 15 is 0 Å². The van der Waals surface area contributed by atoms with Gasteiger partial charge in [0, 0.05) is 19.6 Å². The van der Waals surface area contributed by atoms with Gasteiger partial charge in [0.1, 0.15) is 11.5 Å². The minimum absolute atomic E-state index is 0.0213. The molecule has 1 aliphatic carbocycles. The molecule has 25 heavy (non-hydrogen) atoms. The molecule has 3 heterocycles. The van der Waals surface area contributed by atoms with Crippen molar-refractivity contribution < 1.29 is 13.9 Å². The summed E-state index contributed by atoms with van der Waals surface area (Å²) in [7, 11) is 0. The number of nitrogens with zero attached hydrogens (tertiary/aromatic N) is 1. The van der Waals surface area contributed by atoms with Crippen LogP contribution in [0.2, 0.25) is 0 Å². The molecule has 0 aromatic carbocycles. The van der Waals surface area contributed by atoms with Gasteiger partial charge in [0.05, 0.1) is 25.2 Å². The molecule has 4 rings (SSSR count). The van der Waals surface area contributed by atoms with E-state index in [-0.39, 0.29) is 11.8 Å². The molecule has 0 radical (unpaired) electrons. The van der Waals surface area contributed by atoms with Crippen molar-refractivity contribution in [2.75, 3.05) is 26.2 Å². The van der Waals surface area contributed by atoms with Gasteiger partial charge in [-0.3, -0.25) is 9.69 Å². The van der Waals surface area contributed by atoms with Crippen LogP contribution in [0.1, 0.15) is 42.8 Å². The van der Waals surface area contributed by atoms with Crippen LogP contribution >= 0.6 is 0 Å². The molecule has 0 bridgehead atoms. The molecule has 1 aromatic rings. The molecule has 138 valence electrons. The summed E-state index contributed by atoms with van der Waals surface area (Å²) < 4.78 is 11.9. The maximum atomic E-state index is 12.4. The van der Waals surface area contributed by atoms with E-state index in [1.807, 2.05) is 6.92 Å². The lowest BCUT2D eigenvalue weighted by Crippen LogP contribution is -2.50. The molecule has 5 heteroatoms. The Labute approximate surface area is 150 Å².